The molecule has 0 spiro atoms. The van der Waals surface area contributed by atoms with Crippen molar-refractivity contribution in [1.29, 1.82) is 0 Å². The van der Waals surface area contributed by atoms with E-state index in [0.717, 1.165) is 41.2 Å². The molecule has 5 rings (SSSR count). The maximum atomic E-state index is 12.6. The van der Waals surface area contributed by atoms with Gasteiger partial charge >= 0.3 is 6.09 Å². The second kappa shape index (κ2) is 8.37. The standard InChI is InChI=1S/C24H26N6O2/c1-18(19-6-4-3-5-7-19)32-24(31)29-12-10-28(11-13-29)23-16-25-22-14-20(8-9-30(22)23)21-15-26-27(2)17-21/h3-9,14-18H,10-13H2,1-2H3/t18-/m1/s1. The maximum absolute atomic E-state index is 12.6. The smallest absolute Gasteiger partial charge is 0.410 e. The fourth-order valence-electron chi connectivity index (χ4n) is 4.09. The van der Waals surface area contributed by atoms with Crippen LogP contribution in [0.15, 0.2) is 67.3 Å². The van der Waals surface area contributed by atoms with Gasteiger partial charge in [0.05, 0.1) is 12.4 Å². The molecule has 1 atom stereocenters. The summed E-state index contributed by atoms with van der Waals surface area (Å²) in [6, 6.07) is 14.0. The van der Waals surface area contributed by atoms with Gasteiger partial charge in [-0.25, -0.2) is 9.78 Å². The molecule has 1 saturated heterocycles. The number of nitrogens with zero attached hydrogens (tertiary/aromatic N) is 6. The summed E-state index contributed by atoms with van der Waals surface area (Å²) in [7, 11) is 1.91. The summed E-state index contributed by atoms with van der Waals surface area (Å²) in [6.45, 7) is 4.59. The van der Waals surface area contributed by atoms with Gasteiger partial charge in [-0.05, 0) is 30.2 Å². The van der Waals surface area contributed by atoms with Crippen LogP contribution in [-0.2, 0) is 11.8 Å². The van der Waals surface area contributed by atoms with Crippen LogP contribution in [0.2, 0.25) is 0 Å². The number of aromatic nitrogens is 4. The zero-order valence-electron chi connectivity index (χ0n) is 18.3. The highest BCUT2D eigenvalue weighted by molar-refractivity contribution is 5.69. The Labute approximate surface area is 186 Å². The summed E-state index contributed by atoms with van der Waals surface area (Å²) >= 11 is 0. The molecule has 4 heterocycles. The second-order valence-corrected chi connectivity index (χ2v) is 8.07. The van der Waals surface area contributed by atoms with Crippen LogP contribution in [-0.4, -0.2) is 56.3 Å². The van der Waals surface area contributed by atoms with Gasteiger partial charge in [0.15, 0.2) is 0 Å². The van der Waals surface area contributed by atoms with E-state index in [4.69, 9.17) is 4.74 Å². The number of imidazole rings is 1. The van der Waals surface area contributed by atoms with Crippen molar-refractivity contribution in [2.24, 2.45) is 7.05 Å². The van der Waals surface area contributed by atoms with Gasteiger partial charge in [0.25, 0.3) is 0 Å². The summed E-state index contributed by atoms with van der Waals surface area (Å²) in [4.78, 5) is 21.3. The number of hydrogen-bond donors (Lipinski definition) is 0. The Morgan fingerprint density at radius 1 is 1.03 bits per heavy atom. The molecule has 0 saturated carbocycles. The SMILES string of the molecule is C[C@@H](OC(=O)N1CCN(c2cnc3cc(-c4cnn(C)c4)ccn23)CC1)c1ccccc1. The Bertz CT molecular complexity index is 1220. The molecule has 164 valence electrons. The van der Waals surface area contributed by atoms with Gasteiger partial charge in [0.2, 0.25) is 0 Å². The number of hydrogen-bond acceptors (Lipinski definition) is 5. The predicted molar refractivity (Wildman–Crippen MR) is 123 cm³/mol. The highest BCUT2D eigenvalue weighted by Crippen LogP contribution is 2.25. The van der Waals surface area contributed by atoms with Crippen LogP contribution in [0.5, 0.6) is 0 Å². The van der Waals surface area contributed by atoms with Crippen LogP contribution in [0, 0.1) is 0 Å². The normalized spacial score (nSPS) is 15.2. The Morgan fingerprint density at radius 2 is 1.81 bits per heavy atom. The van der Waals surface area contributed by atoms with E-state index in [1.165, 1.54) is 0 Å². The van der Waals surface area contributed by atoms with Gasteiger partial charge in [0, 0.05) is 51.2 Å². The van der Waals surface area contributed by atoms with E-state index in [2.05, 4.69) is 31.5 Å². The molecule has 1 aliphatic heterocycles. The molecule has 1 fully saturated rings. The van der Waals surface area contributed by atoms with Gasteiger partial charge in [-0.3, -0.25) is 9.08 Å². The van der Waals surface area contributed by atoms with Crippen LogP contribution in [0.1, 0.15) is 18.6 Å². The third-order valence-corrected chi connectivity index (χ3v) is 5.94. The number of fused-ring (bicyclic) bond motifs is 1. The minimum atomic E-state index is -0.269. The summed E-state index contributed by atoms with van der Waals surface area (Å²) in [5.41, 5.74) is 4.04. The van der Waals surface area contributed by atoms with E-state index < -0.39 is 0 Å². The third-order valence-electron chi connectivity index (χ3n) is 5.94. The fraction of sp³-hybridized carbons (Fsp3) is 0.292. The molecule has 8 nitrogen and oxygen atoms in total. The average Bonchev–Trinajstić information content (AvgIpc) is 3.45. The molecule has 0 radical (unpaired) electrons. The second-order valence-electron chi connectivity index (χ2n) is 8.07. The number of piperazine rings is 1. The van der Waals surface area contributed by atoms with Gasteiger partial charge in [-0.15, -0.1) is 0 Å². The van der Waals surface area contributed by atoms with E-state index in [1.54, 1.807) is 9.58 Å². The Morgan fingerprint density at radius 3 is 2.53 bits per heavy atom. The van der Waals surface area contributed by atoms with Crippen LogP contribution in [0.3, 0.4) is 0 Å². The molecule has 0 N–H and O–H groups in total. The number of rotatable bonds is 4. The fourth-order valence-corrected chi connectivity index (χ4v) is 4.09. The third kappa shape index (κ3) is 3.91. The lowest BCUT2D eigenvalue weighted by molar-refractivity contribution is 0.0680. The number of amides is 1. The van der Waals surface area contributed by atoms with Gasteiger partial charge < -0.3 is 14.5 Å². The van der Waals surface area contributed by atoms with Crippen molar-refractivity contribution in [1.82, 2.24) is 24.1 Å². The van der Waals surface area contributed by atoms with Gasteiger partial charge in [-0.2, -0.15) is 5.10 Å². The van der Waals surface area contributed by atoms with Gasteiger partial charge in [-0.1, -0.05) is 30.3 Å². The highest BCUT2D eigenvalue weighted by Gasteiger charge is 2.25. The lowest BCUT2D eigenvalue weighted by Crippen LogP contribution is -2.49. The number of carbonyl (C=O) groups is 1. The summed E-state index contributed by atoms with van der Waals surface area (Å²) in [6.07, 6.45) is 7.25. The molecular formula is C24H26N6O2. The minimum Gasteiger partial charge on any atom is -0.442 e. The highest BCUT2D eigenvalue weighted by atomic mass is 16.6. The molecule has 0 bridgehead atoms. The minimum absolute atomic E-state index is 0.264. The number of aryl methyl sites for hydroxylation is 1. The Hall–Kier alpha value is -3.81. The molecule has 1 aliphatic rings. The van der Waals surface area contributed by atoms with Crippen molar-refractivity contribution in [2.45, 2.75) is 13.0 Å². The summed E-state index contributed by atoms with van der Waals surface area (Å²) in [5, 5.41) is 4.25. The molecule has 0 unspecified atom stereocenters. The first kappa shape index (κ1) is 20.1. The topological polar surface area (TPSA) is 67.9 Å². The number of anilines is 1. The van der Waals surface area contributed by atoms with Crippen LogP contribution < -0.4 is 4.90 Å². The van der Waals surface area contributed by atoms with Crippen molar-refractivity contribution in [3.8, 4) is 11.1 Å². The molecule has 32 heavy (non-hydrogen) atoms. The van der Waals surface area contributed by atoms with Crippen molar-refractivity contribution >= 4 is 17.6 Å². The predicted octanol–water partition coefficient (Wildman–Crippen LogP) is 3.75. The first-order chi connectivity index (χ1) is 15.6. The maximum Gasteiger partial charge on any atom is 0.410 e. The molecule has 1 amide bonds. The van der Waals surface area contributed by atoms with Crippen LogP contribution >= 0.6 is 0 Å². The largest absolute Gasteiger partial charge is 0.442 e. The lowest BCUT2D eigenvalue weighted by Gasteiger charge is -2.35. The molecule has 3 aromatic heterocycles. The zero-order chi connectivity index (χ0) is 22.1. The van der Waals surface area contributed by atoms with Crippen molar-refractivity contribution in [2.75, 3.05) is 31.1 Å². The van der Waals surface area contributed by atoms with E-state index in [-0.39, 0.29) is 12.2 Å². The van der Waals surface area contributed by atoms with Crippen molar-refractivity contribution in [3.63, 3.8) is 0 Å². The zero-order valence-corrected chi connectivity index (χ0v) is 18.3. The molecule has 0 aliphatic carbocycles. The van der Waals surface area contributed by atoms with E-state index in [9.17, 15) is 4.79 Å². The number of benzene rings is 1. The van der Waals surface area contributed by atoms with E-state index in [1.807, 2.05) is 69.1 Å². The van der Waals surface area contributed by atoms with Gasteiger partial charge in [0.1, 0.15) is 17.6 Å². The monoisotopic (exact) mass is 430 g/mol. The quantitative estimate of drug-likeness (QED) is 0.493. The average molecular weight is 431 g/mol. The number of carbonyl (C=O) groups excluding carboxylic acids is 1. The van der Waals surface area contributed by atoms with E-state index in [0.29, 0.717) is 13.1 Å². The van der Waals surface area contributed by atoms with Crippen LogP contribution in [0.4, 0.5) is 10.6 Å². The van der Waals surface area contributed by atoms with E-state index >= 15 is 0 Å². The Kier molecular flexibility index (Phi) is 5.26. The lowest BCUT2D eigenvalue weighted by atomic mass is 10.1. The first-order valence-electron chi connectivity index (χ1n) is 10.8. The molecule has 8 heteroatoms. The van der Waals surface area contributed by atoms with Crippen LogP contribution in [0.25, 0.3) is 16.8 Å². The molecule has 4 aromatic rings. The number of ether oxygens (including phenoxy) is 1. The summed E-state index contributed by atoms with van der Waals surface area (Å²) < 4.78 is 9.55. The van der Waals surface area contributed by atoms with Crippen molar-refractivity contribution < 1.29 is 9.53 Å². The Balaban J connectivity index is 1.23. The number of pyridine rings is 1. The first-order valence-corrected chi connectivity index (χ1v) is 10.8. The van der Waals surface area contributed by atoms with Crippen molar-refractivity contribution in [3.05, 3.63) is 72.8 Å². The summed E-state index contributed by atoms with van der Waals surface area (Å²) in [5.74, 6) is 1.03. The molecule has 1 aromatic carbocycles. The molecular weight excluding hydrogens is 404 g/mol.